The van der Waals surface area contributed by atoms with Crippen molar-refractivity contribution in [3.8, 4) is 5.75 Å². The number of hydrogen-bond donors (Lipinski definition) is 1. The van der Waals surface area contributed by atoms with Crippen molar-refractivity contribution < 1.29 is 9.53 Å². The Hall–Kier alpha value is -1.22. The summed E-state index contributed by atoms with van der Waals surface area (Å²) in [7, 11) is 1.66. The van der Waals surface area contributed by atoms with Crippen LogP contribution in [0.4, 0.5) is 0 Å². The van der Waals surface area contributed by atoms with E-state index in [1.165, 1.54) is 0 Å². The molecule has 0 radical (unpaired) electrons. The Kier molecular flexibility index (Phi) is 3.34. The van der Waals surface area contributed by atoms with Gasteiger partial charge in [0.15, 0.2) is 0 Å². The van der Waals surface area contributed by atoms with E-state index in [2.05, 4.69) is 5.32 Å². The minimum absolute atomic E-state index is 0.103. The highest BCUT2D eigenvalue weighted by Crippen LogP contribution is 2.32. The molecule has 1 aliphatic rings. The molecule has 1 aromatic rings. The van der Waals surface area contributed by atoms with Crippen LogP contribution in [-0.4, -0.2) is 19.1 Å². The molecule has 1 aromatic carbocycles. The van der Waals surface area contributed by atoms with Crippen LogP contribution in [0.15, 0.2) is 24.3 Å². The average Bonchev–Trinajstić information content (AvgIpc) is 2.22. The normalized spacial score (nSPS) is 23.4. The van der Waals surface area contributed by atoms with Gasteiger partial charge in [0.1, 0.15) is 11.9 Å². The summed E-state index contributed by atoms with van der Waals surface area (Å²) in [6, 6.07) is 7.32. The number of amides is 1. The molecule has 1 saturated carbocycles. The van der Waals surface area contributed by atoms with Crippen LogP contribution >= 0.6 is 11.6 Å². The van der Waals surface area contributed by atoms with Crippen LogP contribution < -0.4 is 10.1 Å². The summed E-state index contributed by atoms with van der Waals surface area (Å²) < 4.78 is 5.69. The molecule has 0 atom stereocenters. The molecule has 16 heavy (non-hydrogen) atoms. The fourth-order valence-electron chi connectivity index (χ4n) is 1.81. The summed E-state index contributed by atoms with van der Waals surface area (Å²) in [5.41, 5.74) is 0. The first kappa shape index (κ1) is 11.3. The fraction of sp³-hybridized carbons (Fsp3) is 0.417. The van der Waals surface area contributed by atoms with E-state index in [4.69, 9.17) is 16.3 Å². The molecule has 1 N–H and O–H groups in total. The van der Waals surface area contributed by atoms with Crippen molar-refractivity contribution in [1.82, 2.24) is 5.32 Å². The largest absolute Gasteiger partial charge is 0.490 e. The molecule has 86 valence electrons. The maximum absolute atomic E-state index is 11.3. The smallest absolute Gasteiger partial charge is 0.223 e. The Bertz CT molecular complexity index is 388. The highest BCUT2D eigenvalue weighted by atomic mass is 35.5. The Morgan fingerprint density at radius 1 is 1.50 bits per heavy atom. The van der Waals surface area contributed by atoms with Gasteiger partial charge in [0, 0.05) is 18.0 Å². The number of ether oxygens (including phenoxy) is 1. The summed E-state index contributed by atoms with van der Waals surface area (Å²) in [4.78, 5) is 11.3. The molecule has 0 aliphatic heterocycles. The van der Waals surface area contributed by atoms with E-state index in [0.29, 0.717) is 5.02 Å². The van der Waals surface area contributed by atoms with E-state index in [9.17, 15) is 4.79 Å². The van der Waals surface area contributed by atoms with Gasteiger partial charge in [-0.3, -0.25) is 4.79 Å². The minimum atomic E-state index is 0.103. The summed E-state index contributed by atoms with van der Waals surface area (Å²) in [6.07, 6.45) is 1.71. The topological polar surface area (TPSA) is 38.3 Å². The van der Waals surface area contributed by atoms with Crippen LogP contribution in [0.25, 0.3) is 0 Å². The first-order valence-electron chi connectivity index (χ1n) is 5.33. The van der Waals surface area contributed by atoms with E-state index in [1.807, 2.05) is 18.2 Å². The number of rotatable bonds is 3. The lowest BCUT2D eigenvalue weighted by atomic mass is 9.81. The first-order chi connectivity index (χ1) is 7.69. The van der Waals surface area contributed by atoms with Crippen molar-refractivity contribution in [3.63, 3.8) is 0 Å². The van der Waals surface area contributed by atoms with Crippen LogP contribution in [0.1, 0.15) is 12.8 Å². The molecule has 1 amide bonds. The monoisotopic (exact) mass is 239 g/mol. The molecule has 0 aromatic heterocycles. The van der Waals surface area contributed by atoms with Crippen LogP contribution in [-0.2, 0) is 4.79 Å². The molecule has 0 unspecified atom stereocenters. The predicted molar refractivity (Wildman–Crippen MR) is 62.7 cm³/mol. The predicted octanol–water partition coefficient (Wildman–Crippen LogP) is 2.24. The van der Waals surface area contributed by atoms with Gasteiger partial charge in [-0.15, -0.1) is 0 Å². The number of carbonyl (C=O) groups excluding carboxylic acids is 1. The van der Waals surface area contributed by atoms with Crippen LogP contribution in [0.3, 0.4) is 0 Å². The molecular weight excluding hydrogens is 226 g/mol. The molecule has 0 bridgehead atoms. The van der Waals surface area contributed by atoms with Crippen LogP contribution in [0.2, 0.25) is 5.02 Å². The zero-order valence-electron chi connectivity index (χ0n) is 9.07. The molecule has 2 rings (SSSR count). The lowest BCUT2D eigenvalue weighted by Gasteiger charge is -2.33. The van der Waals surface area contributed by atoms with Crippen molar-refractivity contribution in [3.05, 3.63) is 29.3 Å². The number of carbonyl (C=O) groups is 1. The van der Waals surface area contributed by atoms with Gasteiger partial charge in [-0.2, -0.15) is 0 Å². The molecule has 3 nitrogen and oxygen atoms in total. The number of hydrogen-bond acceptors (Lipinski definition) is 2. The molecule has 0 spiro atoms. The lowest BCUT2D eigenvalue weighted by Crippen LogP contribution is -2.42. The van der Waals surface area contributed by atoms with Gasteiger partial charge >= 0.3 is 0 Å². The van der Waals surface area contributed by atoms with E-state index >= 15 is 0 Å². The third kappa shape index (κ3) is 2.47. The Morgan fingerprint density at radius 2 is 2.25 bits per heavy atom. The standard InChI is InChI=1S/C12H14ClNO2/c1-14-12(15)8-5-11(6-8)16-10-4-2-3-9(13)7-10/h2-4,7-8,11H,5-6H2,1H3,(H,14,15)/t8-,11-. The Balaban J connectivity index is 1.84. The second-order valence-corrected chi connectivity index (χ2v) is 4.42. The van der Waals surface area contributed by atoms with Crippen molar-refractivity contribution >= 4 is 17.5 Å². The quantitative estimate of drug-likeness (QED) is 0.879. The number of benzene rings is 1. The molecule has 1 aliphatic carbocycles. The maximum atomic E-state index is 11.3. The van der Waals surface area contributed by atoms with Crippen LogP contribution in [0, 0.1) is 5.92 Å². The van der Waals surface area contributed by atoms with Gasteiger partial charge < -0.3 is 10.1 Å². The fourth-order valence-corrected chi connectivity index (χ4v) is 1.99. The Morgan fingerprint density at radius 3 is 2.88 bits per heavy atom. The first-order valence-corrected chi connectivity index (χ1v) is 5.70. The SMILES string of the molecule is CNC(=O)[C@H]1C[C@H](Oc2cccc(Cl)c2)C1. The Labute approximate surface area is 99.7 Å². The minimum Gasteiger partial charge on any atom is -0.490 e. The lowest BCUT2D eigenvalue weighted by molar-refractivity contribution is -0.130. The van der Waals surface area contributed by atoms with E-state index in [1.54, 1.807) is 13.1 Å². The maximum Gasteiger partial charge on any atom is 0.223 e. The van der Waals surface area contributed by atoms with E-state index < -0.39 is 0 Å². The van der Waals surface area contributed by atoms with E-state index in [-0.39, 0.29) is 17.9 Å². The third-order valence-electron chi connectivity index (χ3n) is 2.81. The van der Waals surface area contributed by atoms with Gasteiger partial charge in [-0.25, -0.2) is 0 Å². The van der Waals surface area contributed by atoms with E-state index in [0.717, 1.165) is 18.6 Å². The van der Waals surface area contributed by atoms with Gasteiger partial charge in [-0.05, 0) is 31.0 Å². The average molecular weight is 240 g/mol. The van der Waals surface area contributed by atoms with Crippen molar-refractivity contribution in [2.45, 2.75) is 18.9 Å². The molecule has 4 heteroatoms. The molecule has 0 saturated heterocycles. The molecule has 1 fully saturated rings. The van der Waals surface area contributed by atoms with Gasteiger partial charge in [0.2, 0.25) is 5.91 Å². The summed E-state index contributed by atoms with van der Waals surface area (Å²) >= 11 is 5.85. The van der Waals surface area contributed by atoms with Crippen molar-refractivity contribution in [2.24, 2.45) is 5.92 Å². The second kappa shape index (κ2) is 4.74. The zero-order valence-corrected chi connectivity index (χ0v) is 9.83. The highest BCUT2D eigenvalue weighted by molar-refractivity contribution is 6.30. The van der Waals surface area contributed by atoms with Crippen molar-refractivity contribution in [1.29, 1.82) is 0 Å². The number of nitrogens with one attached hydrogen (secondary N) is 1. The summed E-state index contributed by atoms with van der Waals surface area (Å²) in [5, 5.41) is 3.31. The summed E-state index contributed by atoms with van der Waals surface area (Å²) in [5.74, 6) is 0.980. The van der Waals surface area contributed by atoms with Gasteiger partial charge in [0.25, 0.3) is 0 Å². The summed E-state index contributed by atoms with van der Waals surface area (Å²) in [6.45, 7) is 0. The molecular formula is C12H14ClNO2. The number of halogens is 1. The van der Waals surface area contributed by atoms with Gasteiger partial charge in [0.05, 0.1) is 0 Å². The zero-order chi connectivity index (χ0) is 11.5. The highest BCUT2D eigenvalue weighted by Gasteiger charge is 2.35. The van der Waals surface area contributed by atoms with Gasteiger partial charge in [-0.1, -0.05) is 17.7 Å². The van der Waals surface area contributed by atoms with Crippen LogP contribution in [0.5, 0.6) is 5.75 Å². The second-order valence-electron chi connectivity index (χ2n) is 3.98. The third-order valence-corrected chi connectivity index (χ3v) is 3.05. The van der Waals surface area contributed by atoms with Crippen molar-refractivity contribution in [2.75, 3.05) is 7.05 Å². The molecule has 0 heterocycles.